The molecule has 26 heavy (non-hydrogen) atoms. The highest BCUT2D eigenvalue weighted by molar-refractivity contribution is 5.90. The summed E-state index contributed by atoms with van der Waals surface area (Å²) in [5.74, 6) is -0.134. The van der Waals surface area contributed by atoms with Gasteiger partial charge in [0.25, 0.3) is 0 Å². The number of ether oxygens (including phenoxy) is 1. The number of rotatable bonds is 8. The predicted molar refractivity (Wildman–Crippen MR) is 99.5 cm³/mol. The summed E-state index contributed by atoms with van der Waals surface area (Å²) in [4.78, 5) is 27.9. The summed E-state index contributed by atoms with van der Waals surface area (Å²) in [6.45, 7) is 4.32. The molecular weight excluding hydrogens is 334 g/mol. The van der Waals surface area contributed by atoms with Gasteiger partial charge in [-0.1, -0.05) is 26.7 Å². The van der Waals surface area contributed by atoms with Gasteiger partial charge in [-0.2, -0.15) is 0 Å². The minimum Gasteiger partial charge on any atom is -0.507 e. The molecule has 0 amide bonds. The van der Waals surface area contributed by atoms with Gasteiger partial charge in [-0.05, 0) is 30.7 Å². The minimum atomic E-state index is -0.641. The van der Waals surface area contributed by atoms with E-state index in [4.69, 9.17) is 9.15 Å². The van der Waals surface area contributed by atoms with E-state index in [1.807, 2.05) is 6.92 Å². The second-order valence-corrected chi connectivity index (χ2v) is 5.80. The van der Waals surface area contributed by atoms with Crippen LogP contribution in [-0.2, 0) is 11.2 Å². The van der Waals surface area contributed by atoms with Gasteiger partial charge in [0.1, 0.15) is 17.1 Å². The topological polar surface area (TPSA) is 89.1 Å². The van der Waals surface area contributed by atoms with E-state index in [1.165, 1.54) is 12.3 Å². The lowest BCUT2D eigenvalue weighted by Gasteiger charge is -2.04. The number of benzene rings is 1. The maximum atomic E-state index is 11.9. The summed E-state index contributed by atoms with van der Waals surface area (Å²) in [5.41, 5.74) is 0.320. The fraction of sp³-hybridized carbons (Fsp3) is 0.350. The number of unbranched alkanes of at least 4 members (excludes halogenated alkanes) is 2. The van der Waals surface area contributed by atoms with Crippen molar-refractivity contribution in [1.82, 2.24) is 0 Å². The number of hydrogen-bond acceptors (Lipinski definition) is 6. The number of aromatic hydroxyl groups is 1. The molecular formula is C20H23NO5. The number of aryl methyl sites for hydroxylation is 1. The molecule has 1 heterocycles. The van der Waals surface area contributed by atoms with Crippen LogP contribution < -0.4 is 5.63 Å². The van der Waals surface area contributed by atoms with Gasteiger partial charge in [-0.15, -0.1) is 0 Å². The van der Waals surface area contributed by atoms with Crippen molar-refractivity contribution in [1.29, 1.82) is 0 Å². The average Bonchev–Trinajstić information content (AvgIpc) is 2.64. The third-order valence-corrected chi connectivity index (χ3v) is 3.79. The second-order valence-electron chi connectivity index (χ2n) is 5.80. The predicted octanol–water partition coefficient (Wildman–Crippen LogP) is 4.01. The van der Waals surface area contributed by atoms with Gasteiger partial charge in [-0.3, -0.25) is 4.99 Å². The molecule has 0 unspecified atom stereocenters. The van der Waals surface area contributed by atoms with Crippen LogP contribution in [0.1, 0.15) is 54.8 Å². The first kappa shape index (κ1) is 19.4. The zero-order valence-corrected chi connectivity index (χ0v) is 15.0. The first-order valence-corrected chi connectivity index (χ1v) is 8.72. The van der Waals surface area contributed by atoms with Crippen molar-refractivity contribution >= 4 is 17.9 Å². The lowest BCUT2D eigenvalue weighted by atomic mass is 10.2. The molecule has 1 N–H and O–H groups in total. The normalized spacial score (nSPS) is 11.0. The molecule has 6 nitrogen and oxygen atoms in total. The van der Waals surface area contributed by atoms with E-state index in [9.17, 15) is 14.7 Å². The molecule has 1 aromatic heterocycles. The lowest BCUT2D eigenvalue weighted by molar-refractivity contribution is 0.0498. The fourth-order valence-electron chi connectivity index (χ4n) is 2.25. The number of nitrogens with zero attached hydrogens (tertiary/aromatic N) is 1. The molecule has 0 aliphatic rings. The Morgan fingerprint density at radius 2 is 1.96 bits per heavy atom. The van der Waals surface area contributed by atoms with Gasteiger partial charge in [0, 0.05) is 18.7 Å². The molecule has 0 spiro atoms. The molecule has 0 radical (unpaired) electrons. The molecule has 138 valence electrons. The monoisotopic (exact) mass is 357 g/mol. The Bertz CT molecular complexity index is 821. The maximum Gasteiger partial charge on any atom is 0.348 e. The van der Waals surface area contributed by atoms with Crippen molar-refractivity contribution in [3.8, 4) is 5.75 Å². The third-order valence-electron chi connectivity index (χ3n) is 3.79. The van der Waals surface area contributed by atoms with E-state index in [0.29, 0.717) is 30.0 Å². The molecule has 0 atom stereocenters. The van der Waals surface area contributed by atoms with Gasteiger partial charge in [0.2, 0.25) is 0 Å². The Morgan fingerprint density at radius 1 is 1.23 bits per heavy atom. The molecule has 2 aromatic rings. The molecule has 0 saturated carbocycles. The molecule has 0 bridgehead atoms. The smallest absolute Gasteiger partial charge is 0.348 e. The van der Waals surface area contributed by atoms with Gasteiger partial charge in [0.05, 0.1) is 17.9 Å². The first-order chi connectivity index (χ1) is 12.5. The Labute approximate surface area is 152 Å². The van der Waals surface area contributed by atoms with Gasteiger partial charge in [-0.25, -0.2) is 9.59 Å². The molecule has 0 aliphatic heterocycles. The SMILES string of the molecule is CCCCCOC(=O)c1ccc(N=Cc2c(O)cc(CC)oc2=O)cc1. The van der Waals surface area contributed by atoms with E-state index in [0.717, 1.165) is 19.3 Å². The van der Waals surface area contributed by atoms with Crippen LogP contribution in [-0.4, -0.2) is 23.9 Å². The van der Waals surface area contributed by atoms with E-state index in [1.54, 1.807) is 24.3 Å². The summed E-state index contributed by atoms with van der Waals surface area (Å²) < 4.78 is 10.3. The Balaban J connectivity index is 2.04. The van der Waals surface area contributed by atoms with Crippen LogP contribution in [0.15, 0.2) is 44.5 Å². The number of aliphatic imine (C=N–C) groups is 1. The largest absolute Gasteiger partial charge is 0.507 e. The van der Waals surface area contributed by atoms with E-state index >= 15 is 0 Å². The number of esters is 1. The summed E-state index contributed by atoms with van der Waals surface area (Å²) in [6, 6.07) is 7.89. The highest BCUT2D eigenvalue weighted by atomic mass is 16.5. The van der Waals surface area contributed by atoms with Crippen LogP contribution in [0, 0.1) is 0 Å². The summed E-state index contributed by atoms with van der Waals surface area (Å²) in [6.07, 6.45) is 4.71. The van der Waals surface area contributed by atoms with Gasteiger partial charge in [0.15, 0.2) is 0 Å². The molecule has 1 aromatic carbocycles. The van der Waals surface area contributed by atoms with Crippen molar-refractivity contribution in [2.75, 3.05) is 6.61 Å². The van der Waals surface area contributed by atoms with Gasteiger partial charge < -0.3 is 14.3 Å². The fourth-order valence-corrected chi connectivity index (χ4v) is 2.25. The number of hydrogen-bond donors (Lipinski definition) is 1. The van der Waals surface area contributed by atoms with E-state index in [-0.39, 0.29) is 17.3 Å². The number of carbonyl (C=O) groups excluding carboxylic acids is 1. The van der Waals surface area contributed by atoms with Crippen LogP contribution in [0.5, 0.6) is 5.75 Å². The molecule has 0 aliphatic carbocycles. The van der Waals surface area contributed by atoms with Crippen LogP contribution in [0.4, 0.5) is 5.69 Å². The zero-order chi connectivity index (χ0) is 18.9. The molecule has 6 heteroatoms. The van der Waals surface area contributed by atoms with Crippen molar-refractivity contribution in [3.63, 3.8) is 0 Å². The zero-order valence-electron chi connectivity index (χ0n) is 15.0. The van der Waals surface area contributed by atoms with Crippen LogP contribution in [0.25, 0.3) is 0 Å². The lowest BCUT2D eigenvalue weighted by Crippen LogP contribution is -2.08. The molecule has 0 fully saturated rings. The third kappa shape index (κ3) is 5.31. The van der Waals surface area contributed by atoms with E-state index < -0.39 is 5.63 Å². The second kappa shape index (κ2) is 9.56. The van der Waals surface area contributed by atoms with Crippen LogP contribution >= 0.6 is 0 Å². The average molecular weight is 357 g/mol. The van der Waals surface area contributed by atoms with Crippen molar-refractivity contribution in [2.24, 2.45) is 4.99 Å². The Morgan fingerprint density at radius 3 is 2.58 bits per heavy atom. The highest BCUT2D eigenvalue weighted by Gasteiger charge is 2.09. The van der Waals surface area contributed by atoms with E-state index in [2.05, 4.69) is 11.9 Å². The Kier molecular flexibility index (Phi) is 7.14. The maximum absolute atomic E-state index is 11.9. The summed E-state index contributed by atoms with van der Waals surface area (Å²) in [5, 5.41) is 9.91. The van der Waals surface area contributed by atoms with Crippen molar-refractivity contribution < 1.29 is 19.1 Å². The van der Waals surface area contributed by atoms with Crippen LogP contribution in [0.2, 0.25) is 0 Å². The molecule has 0 saturated heterocycles. The summed E-state index contributed by atoms with van der Waals surface area (Å²) in [7, 11) is 0. The standard InChI is InChI=1S/C20H23NO5/c1-3-5-6-11-25-19(23)14-7-9-15(10-8-14)21-13-17-18(22)12-16(4-2)26-20(17)24/h7-10,12-13,22H,3-6,11H2,1-2H3. The van der Waals surface area contributed by atoms with Crippen LogP contribution in [0.3, 0.4) is 0 Å². The minimum absolute atomic E-state index is 0.0124. The van der Waals surface area contributed by atoms with Crippen molar-refractivity contribution in [2.45, 2.75) is 39.5 Å². The van der Waals surface area contributed by atoms with Gasteiger partial charge >= 0.3 is 11.6 Å². The van der Waals surface area contributed by atoms with Crippen molar-refractivity contribution in [3.05, 3.63) is 57.6 Å². The number of carbonyl (C=O) groups is 1. The molecule has 2 rings (SSSR count). The quantitative estimate of drug-likeness (QED) is 0.438. The first-order valence-electron chi connectivity index (χ1n) is 8.72. The Hall–Kier alpha value is -2.89. The summed E-state index contributed by atoms with van der Waals surface area (Å²) >= 11 is 0. The highest BCUT2D eigenvalue weighted by Crippen LogP contribution is 2.17.